The first kappa shape index (κ1) is 14.8. The number of amides is 1. The van der Waals surface area contributed by atoms with E-state index in [-0.39, 0.29) is 5.91 Å². The minimum Gasteiger partial charge on any atom is -0.381 e. The first-order chi connectivity index (χ1) is 10.8. The summed E-state index contributed by atoms with van der Waals surface area (Å²) >= 11 is 0. The van der Waals surface area contributed by atoms with Gasteiger partial charge in [0.2, 0.25) is 5.91 Å². The van der Waals surface area contributed by atoms with Crippen LogP contribution in [0.4, 0.5) is 5.82 Å². The molecule has 0 bridgehead atoms. The first-order valence-corrected chi connectivity index (χ1v) is 7.75. The van der Waals surface area contributed by atoms with E-state index in [2.05, 4.69) is 15.6 Å². The quantitative estimate of drug-likeness (QED) is 0.803. The summed E-state index contributed by atoms with van der Waals surface area (Å²) in [7, 11) is 0. The highest BCUT2D eigenvalue weighted by Gasteiger charge is 2.18. The van der Waals surface area contributed by atoms with E-state index in [0.717, 1.165) is 29.7 Å². The lowest BCUT2D eigenvalue weighted by atomic mass is 10.1. The number of anilines is 1. The number of fused-ring (bicyclic) bond motifs is 1. The smallest absolute Gasteiger partial charge is 0.220 e. The Kier molecular flexibility index (Phi) is 4.85. The van der Waals surface area contributed by atoms with E-state index in [1.807, 2.05) is 36.4 Å². The summed E-state index contributed by atoms with van der Waals surface area (Å²) < 4.78 is 5.28. The molecule has 0 spiro atoms. The molecule has 22 heavy (non-hydrogen) atoms. The van der Waals surface area contributed by atoms with Crippen LogP contribution in [0.3, 0.4) is 0 Å². The Bertz CT molecular complexity index is 639. The molecular weight excluding hydrogens is 278 g/mol. The van der Waals surface area contributed by atoms with Crippen molar-refractivity contribution in [3.63, 3.8) is 0 Å². The van der Waals surface area contributed by atoms with Crippen LogP contribution in [-0.4, -0.2) is 37.2 Å². The lowest BCUT2D eigenvalue weighted by molar-refractivity contribution is -0.121. The van der Waals surface area contributed by atoms with E-state index in [1.165, 1.54) is 0 Å². The Balaban J connectivity index is 1.41. The van der Waals surface area contributed by atoms with Gasteiger partial charge < -0.3 is 15.4 Å². The van der Waals surface area contributed by atoms with Crippen LogP contribution in [0.25, 0.3) is 10.9 Å². The van der Waals surface area contributed by atoms with Gasteiger partial charge in [-0.05, 0) is 30.5 Å². The average molecular weight is 299 g/mol. The van der Waals surface area contributed by atoms with E-state index >= 15 is 0 Å². The van der Waals surface area contributed by atoms with Crippen LogP contribution in [0.15, 0.2) is 36.4 Å². The third-order valence-electron chi connectivity index (χ3n) is 3.85. The molecule has 1 amide bonds. The Morgan fingerprint density at radius 2 is 2.14 bits per heavy atom. The van der Waals surface area contributed by atoms with Gasteiger partial charge in [-0.2, -0.15) is 0 Å². The van der Waals surface area contributed by atoms with E-state index < -0.39 is 0 Å². The molecule has 5 nitrogen and oxygen atoms in total. The number of hydrogen-bond donors (Lipinski definition) is 2. The van der Waals surface area contributed by atoms with Crippen LogP contribution in [0.1, 0.15) is 12.8 Å². The fourth-order valence-corrected chi connectivity index (χ4v) is 2.64. The van der Waals surface area contributed by atoms with Gasteiger partial charge in [0.05, 0.1) is 5.52 Å². The van der Waals surface area contributed by atoms with Crippen LogP contribution in [0, 0.1) is 5.92 Å². The molecule has 1 saturated heterocycles. The SMILES string of the molecule is O=C(C[C@H]1CCOC1)NCCNc1ccc2ccccc2n1. The third kappa shape index (κ3) is 3.95. The lowest BCUT2D eigenvalue weighted by Gasteiger charge is -2.10. The summed E-state index contributed by atoms with van der Waals surface area (Å²) in [6, 6.07) is 12.0. The molecule has 1 aliphatic rings. The van der Waals surface area contributed by atoms with Crippen molar-refractivity contribution >= 4 is 22.6 Å². The Hall–Kier alpha value is -2.14. The van der Waals surface area contributed by atoms with Gasteiger partial charge in [0.1, 0.15) is 5.82 Å². The van der Waals surface area contributed by atoms with Crippen molar-refractivity contribution < 1.29 is 9.53 Å². The molecule has 1 atom stereocenters. The van der Waals surface area contributed by atoms with Crippen molar-refractivity contribution in [1.29, 1.82) is 0 Å². The monoisotopic (exact) mass is 299 g/mol. The zero-order valence-electron chi connectivity index (χ0n) is 12.5. The maximum atomic E-state index is 11.8. The van der Waals surface area contributed by atoms with E-state index in [4.69, 9.17) is 4.74 Å². The predicted octanol–water partition coefficient (Wildman–Crippen LogP) is 2.19. The summed E-state index contributed by atoms with van der Waals surface area (Å²) in [5, 5.41) is 7.29. The summed E-state index contributed by atoms with van der Waals surface area (Å²) in [6.07, 6.45) is 1.56. The number of carbonyl (C=O) groups excluding carboxylic acids is 1. The minimum absolute atomic E-state index is 0.101. The molecule has 2 aromatic rings. The molecule has 1 aliphatic heterocycles. The minimum atomic E-state index is 0.101. The number of ether oxygens (including phenoxy) is 1. The predicted molar refractivity (Wildman–Crippen MR) is 86.8 cm³/mol. The number of nitrogens with zero attached hydrogens (tertiary/aromatic N) is 1. The molecule has 1 aromatic heterocycles. The van der Waals surface area contributed by atoms with Gasteiger partial charge in [-0.1, -0.05) is 18.2 Å². The highest BCUT2D eigenvalue weighted by Crippen LogP contribution is 2.16. The summed E-state index contributed by atoms with van der Waals surface area (Å²) in [4.78, 5) is 16.3. The number of benzene rings is 1. The topological polar surface area (TPSA) is 63.2 Å². The van der Waals surface area contributed by atoms with Crippen molar-refractivity contribution in [2.45, 2.75) is 12.8 Å². The van der Waals surface area contributed by atoms with Gasteiger partial charge >= 0.3 is 0 Å². The molecule has 0 unspecified atom stereocenters. The van der Waals surface area contributed by atoms with Crippen LogP contribution in [-0.2, 0) is 9.53 Å². The van der Waals surface area contributed by atoms with Gasteiger partial charge in [-0.25, -0.2) is 4.98 Å². The van der Waals surface area contributed by atoms with Crippen molar-refractivity contribution in [3.05, 3.63) is 36.4 Å². The fourth-order valence-electron chi connectivity index (χ4n) is 2.64. The van der Waals surface area contributed by atoms with E-state index in [9.17, 15) is 4.79 Å². The summed E-state index contributed by atoms with van der Waals surface area (Å²) in [5.41, 5.74) is 0.970. The zero-order chi connectivity index (χ0) is 15.2. The normalized spacial score (nSPS) is 17.5. The fraction of sp³-hybridized carbons (Fsp3) is 0.412. The molecule has 0 aliphatic carbocycles. The Morgan fingerprint density at radius 3 is 3.00 bits per heavy atom. The molecule has 116 valence electrons. The van der Waals surface area contributed by atoms with E-state index in [0.29, 0.717) is 32.0 Å². The lowest BCUT2D eigenvalue weighted by Crippen LogP contribution is -2.30. The van der Waals surface area contributed by atoms with Crippen molar-refractivity contribution in [1.82, 2.24) is 10.3 Å². The molecule has 1 fully saturated rings. The number of carbonyl (C=O) groups is 1. The van der Waals surface area contributed by atoms with Crippen LogP contribution < -0.4 is 10.6 Å². The molecule has 3 rings (SSSR count). The van der Waals surface area contributed by atoms with Crippen molar-refractivity contribution in [2.24, 2.45) is 5.92 Å². The highest BCUT2D eigenvalue weighted by atomic mass is 16.5. The number of nitrogens with one attached hydrogen (secondary N) is 2. The number of rotatable bonds is 6. The second-order valence-electron chi connectivity index (χ2n) is 5.60. The van der Waals surface area contributed by atoms with Crippen LogP contribution >= 0.6 is 0 Å². The zero-order valence-corrected chi connectivity index (χ0v) is 12.5. The molecule has 2 N–H and O–H groups in total. The Labute approximate surface area is 130 Å². The summed E-state index contributed by atoms with van der Waals surface area (Å²) in [6.45, 7) is 2.76. The molecule has 0 radical (unpaired) electrons. The van der Waals surface area contributed by atoms with Gasteiger partial charge in [0.25, 0.3) is 0 Å². The molecular formula is C17H21N3O2. The average Bonchev–Trinajstić information content (AvgIpc) is 3.04. The van der Waals surface area contributed by atoms with Crippen molar-refractivity contribution in [2.75, 3.05) is 31.6 Å². The molecule has 2 heterocycles. The molecule has 1 aromatic carbocycles. The maximum Gasteiger partial charge on any atom is 0.220 e. The molecule has 5 heteroatoms. The van der Waals surface area contributed by atoms with Gasteiger partial charge in [0, 0.05) is 38.1 Å². The van der Waals surface area contributed by atoms with Gasteiger partial charge in [-0.15, -0.1) is 0 Å². The van der Waals surface area contributed by atoms with E-state index in [1.54, 1.807) is 0 Å². The third-order valence-corrected chi connectivity index (χ3v) is 3.85. The number of pyridine rings is 1. The first-order valence-electron chi connectivity index (χ1n) is 7.75. The maximum absolute atomic E-state index is 11.8. The largest absolute Gasteiger partial charge is 0.381 e. The Morgan fingerprint density at radius 1 is 1.23 bits per heavy atom. The highest BCUT2D eigenvalue weighted by molar-refractivity contribution is 5.80. The van der Waals surface area contributed by atoms with Crippen LogP contribution in [0.2, 0.25) is 0 Å². The van der Waals surface area contributed by atoms with Gasteiger partial charge in [-0.3, -0.25) is 4.79 Å². The van der Waals surface area contributed by atoms with Crippen molar-refractivity contribution in [3.8, 4) is 0 Å². The van der Waals surface area contributed by atoms with Gasteiger partial charge in [0.15, 0.2) is 0 Å². The summed E-state index contributed by atoms with van der Waals surface area (Å²) in [5.74, 6) is 1.32. The second-order valence-corrected chi connectivity index (χ2v) is 5.60. The van der Waals surface area contributed by atoms with Crippen LogP contribution in [0.5, 0.6) is 0 Å². The number of aromatic nitrogens is 1. The molecule has 0 saturated carbocycles. The second kappa shape index (κ2) is 7.22. The number of hydrogen-bond acceptors (Lipinski definition) is 4. The standard InChI is InChI=1S/C17H21N3O2/c21-17(11-13-7-10-22-12-13)19-9-8-18-16-6-5-14-3-1-2-4-15(14)20-16/h1-6,13H,7-12H2,(H,18,20)(H,19,21)/t13-/m1/s1. The number of para-hydroxylation sites is 1.